The van der Waals surface area contributed by atoms with Crippen molar-refractivity contribution in [1.82, 2.24) is 0 Å². The maximum Gasteiger partial charge on any atom is 0.185 e. The van der Waals surface area contributed by atoms with E-state index in [1.807, 2.05) is 18.2 Å². The summed E-state index contributed by atoms with van der Waals surface area (Å²) in [6, 6.07) is 11.6. The first-order chi connectivity index (χ1) is 8.18. The van der Waals surface area contributed by atoms with E-state index in [1.54, 1.807) is 12.1 Å². The van der Waals surface area contributed by atoms with Gasteiger partial charge in [-0.15, -0.1) is 5.11 Å². The summed E-state index contributed by atoms with van der Waals surface area (Å²) >= 11 is 5.68. The maximum atomic E-state index is 13.2. The molecule has 0 atom stereocenters. The quantitative estimate of drug-likeness (QED) is 0.778. The summed E-state index contributed by atoms with van der Waals surface area (Å²) in [6.45, 7) is 0. The number of hydrogen-bond acceptors (Lipinski definition) is 3. The Labute approximate surface area is 102 Å². The molecule has 17 heavy (non-hydrogen) atoms. The van der Waals surface area contributed by atoms with Crippen LogP contribution in [0, 0.1) is 5.82 Å². The van der Waals surface area contributed by atoms with Gasteiger partial charge in [0.2, 0.25) is 0 Å². The summed E-state index contributed by atoms with van der Waals surface area (Å²) in [5, 5.41) is 16.6. The molecule has 0 aliphatic carbocycles. The molecule has 0 fully saturated rings. The van der Waals surface area contributed by atoms with Crippen molar-refractivity contribution in [3.8, 4) is 5.75 Å². The number of phenolic OH excluding ortho intramolecular Hbond substituents is 1. The van der Waals surface area contributed by atoms with Gasteiger partial charge in [-0.05, 0) is 24.3 Å². The largest absolute Gasteiger partial charge is 0.505 e. The first-order valence-corrected chi connectivity index (χ1v) is 5.20. The molecule has 0 aliphatic heterocycles. The molecule has 2 aromatic carbocycles. The molecule has 3 nitrogen and oxygen atoms in total. The third-order valence-electron chi connectivity index (χ3n) is 2.07. The summed E-state index contributed by atoms with van der Waals surface area (Å²) in [5.74, 6) is -1.40. The summed E-state index contributed by atoms with van der Waals surface area (Å²) in [7, 11) is 0. The third kappa shape index (κ3) is 2.60. The highest BCUT2D eigenvalue weighted by Gasteiger charge is 2.10. The maximum absolute atomic E-state index is 13.2. The van der Waals surface area contributed by atoms with E-state index >= 15 is 0 Å². The molecule has 0 amide bonds. The van der Waals surface area contributed by atoms with Crippen LogP contribution in [0.4, 0.5) is 15.8 Å². The highest BCUT2D eigenvalue weighted by Crippen LogP contribution is 2.33. The number of nitrogens with zero attached hydrogens (tertiary/aromatic N) is 2. The van der Waals surface area contributed by atoms with Gasteiger partial charge in [-0.25, -0.2) is 4.39 Å². The van der Waals surface area contributed by atoms with Crippen molar-refractivity contribution in [3.63, 3.8) is 0 Å². The second-order valence-corrected chi connectivity index (χ2v) is 3.65. The lowest BCUT2D eigenvalue weighted by Crippen LogP contribution is -1.78. The van der Waals surface area contributed by atoms with E-state index in [9.17, 15) is 4.39 Å². The van der Waals surface area contributed by atoms with Crippen LogP contribution in [0.3, 0.4) is 0 Å². The standard InChI is InChI=1S/C12H8ClFN2O/c13-11-9(6-7-10(17)12(11)14)16-15-8-4-2-1-3-5-8/h1-7,17H. The van der Waals surface area contributed by atoms with Gasteiger partial charge in [0.25, 0.3) is 0 Å². The number of hydrogen-bond donors (Lipinski definition) is 1. The molecule has 0 aliphatic rings. The van der Waals surface area contributed by atoms with Crippen molar-refractivity contribution in [2.75, 3.05) is 0 Å². The van der Waals surface area contributed by atoms with Crippen LogP contribution in [0.15, 0.2) is 52.7 Å². The predicted molar refractivity (Wildman–Crippen MR) is 63.7 cm³/mol. The number of halogens is 2. The number of azo groups is 1. The van der Waals surface area contributed by atoms with Gasteiger partial charge in [0, 0.05) is 0 Å². The van der Waals surface area contributed by atoms with Gasteiger partial charge in [-0.3, -0.25) is 0 Å². The third-order valence-corrected chi connectivity index (χ3v) is 2.43. The van der Waals surface area contributed by atoms with Gasteiger partial charge in [0.05, 0.1) is 5.69 Å². The minimum Gasteiger partial charge on any atom is -0.505 e. The molecular weight excluding hydrogens is 243 g/mol. The van der Waals surface area contributed by atoms with E-state index in [4.69, 9.17) is 16.7 Å². The van der Waals surface area contributed by atoms with E-state index in [-0.39, 0.29) is 10.7 Å². The van der Waals surface area contributed by atoms with Crippen molar-refractivity contribution < 1.29 is 9.50 Å². The zero-order valence-corrected chi connectivity index (χ0v) is 9.39. The van der Waals surface area contributed by atoms with Crippen LogP contribution in [-0.2, 0) is 0 Å². The Morgan fingerprint density at radius 3 is 2.41 bits per heavy atom. The van der Waals surface area contributed by atoms with Crippen molar-refractivity contribution in [3.05, 3.63) is 53.3 Å². The number of rotatable bonds is 2. The summed E-state index contributed by atoms with van der Waals surface area (Å²) in [4.78, 5) is 0. The summed E-state index contributed by atoms with van der Waals surface area (Å²) < 4.78 is 13.2. The Hall–Kier alpha value is -1.94. The summed E-state index contributed by atoms with van der Waals surface area (Å²) in [6.07, 6.45) is 0. The average molecular weight is 251 g/mol. The first kappa shape index (κ1) is 11.5. The lowest BCUT2D eigenvalue weighted by atomic mass is 10.3. The topological polar surface area (TPSA) is 45.0 Å². The van der Waals surface area contributed by atoms with Gasteiger partial charge in [-0.2, -0.15) is 5.11 Å². The highest BCUT2D eigenvalue weighted by atomic mass is 35.5. The lowest BCUT2D eigenvalue weighted by Gasteiger charge is -2.00. The monoisotopic (exact) mass is 250 g/mol. The molecule has 0 saturated heterocycles. The molecule has 0 bridgehead atoms. The zero-order chi connectivity index (χ0) is 12.3. The van der Waals surface area contributed by atoms with Crippen molar-refractivity contribution in [1.29, 1.82) is 0 Å². The fourth-order valence-electron chi connectivity index (χ4n) is 1.21. The Morgan fingerprint density at radius 2 is 1.71 bits per heavy atom. The first-order valence-electron chi connectivity index (χ1n) is 4.82. The van der Waals surface area contributed by atoms with Crippen LogP contribution in [-0.4, -0.2) is 5.11 Å². The number of benzene rings is 2. The normalized spacial score (nSPS) is 10.9. The van der Waals surface area contributed by atoms with Crippen molar-refractivity contribution in [2.24, 2.45) is 10.2 Å². The van der Waals surface area contributed by atoms with Gasteiger partial charge in [-0.1, -0.05) is 29.8 Å². The van der Waals surface area contributed by atoms with Gasteiger partial charge in [0.1, 0.15) is 10.7 Å². The van der Waals surface area contributed by atoms with Crippen LogP contribution in [0.5, 0.6) is 5.75 Å². The minimum atomic E-state index is -0.892. The number of aromatic hydroxyl groups is 1. The molecule has 2 aromatic rings. The second kappa shape index (κ2) is 4.93. The molecule has 0 heterocycles. The molecule has 2 rings (SSSR count). The molecule has 0 aromatic heterocycles. The average Bonchev–Trinajstić information content (AvgIpc) is 2.36. The van der Waals surface area contributed by atoms with E-state index in [1.165, 1.54) is 12.1 Å². The fourth-order valence-corrected chi connectivity index (χ4v) is 1.41. The number of phenols is 1. The van der Waals surface area contributed by atoms with Gasteiger partial charge >= 0.3 is 0 Å². The Morgan fingerprint density at radius 1 is 1.00 bits per heavy atom. The molecule has 5 heteroatoms. The molecular formula is C12H8ClFN2O. The Balaban J connectivity index is 2.31. The van der Waals surface area contributed by atoms with Crippen LogP contribution in [0.2, 0.25) is 5.02 Å². The van der Waals surface area contributed by atoms with E-state index in [0.717, 1.165) is 0 Å². The van der Waals surface area contributed by atoms with Crippen LogP contribution < -0.4 is 0 Å². The van der Waals surface area contributed by atoms with Gasteiger partial charge < -0.3 is 5.11 Å². The van der Waals surface area contributed by atoms with Crippen LogP contribution in [0.25, 0.3) is 0 Å². The zero-order valence-electron chi connectivity index (χ0n) is 8.64. The van der Waals surface area contributed by atoms with Crippen LogP contribution >= 0.6 is 11.6 Å². The summed E-state index contributed by atoms with van der Waals surface area (Å²) in [5.41, 5.74) is 0.808. The predicted octanol–water partition coefficient (Wildman–Crippen LogP) is 4.60. The SMILES string of the molecule is Oc1ccc(N=Nc2ccccc2)c(Cl)c1F. The molecule has 86 valence electrons. The van der Waals surface area contributed by atoms with E-state index in [2.05, 4.69) is 10.2 Å². The van der Waals surface area contributed by atoms with Crippen molar-refractivity contribution >= 4 is 23.0 Å². The second-order valence-electron chi connectivity index (χ2n) is 3.27. The fraction of sp³-hybridized carbons (Fsp3) is 0. The molecule has 0 radical (unpaired) electrons. The van der Waals surface area contributed by atoms with E-state index < -0.39 is 11.6 Å². The van der Waals surface area contributed by atoms with Crippen LogP contribution in [0.1, 0.15) is 0 Å². The Bertz CT molecular complexity index is 558. The van der Waals surface area contributed by atoms with Crippen molar-refractivity contribution in [2.45, 2.75) is 0 Å². The van der Waals surface area contributed by atoms with E-state index in [0.29, 0.717) is 5.69 Å². The molecule has 0 spiro atoms. The molecule has 1 N–H and O–H groups in total. The molecule has 0 unspecified atom stereocenters. The Kier molecular flexibility index (Phi) is 3.35. The lowest BCUT2D eigenvalue weighted by molar-refractivity contribution is 0.433. The van der Waals surface area contributed by atoms with Gasteiger partial charge in [0.15, 0.2) is 11.6 Å². The smallest absolute Gasteiger partial charge is 0.185 e. The minimum absolute atomic E-state index is 0.172. The highest BCUT2D eigenvalue weighted by molar-refractivity contribution is 6.33. The molecule has 0 saturated carbocycles.